The van der Waals surface area contributed by atoms with Gasteiger partial charge in [-0.1, -0.05) is 12.8 Å². The summed E-state index contributed by atoms with van der Waals surface area (Å²) in [6, 6.07) is 0. The van der Waals surface area contributed by atoms with Crippen LogP contribution in [0.2, 0.25) is 0 Å². The molecular formula is C15H27N3O2. The van der Waals surface area contributed by atoms with Crippen LogP contribution in [0.5, 0.6) is 5.88 Å². The maximum absolute atomic E-state index is 9.45. The molecule has 2 rings (SSSR count). The predicted octanol–water partition coefficient (Wildman–Crippen LogP) is 1.63. The molecule has 1 saturated carbocycles. The van der Waals surface area contributed by atoms with E-state index in [2.05, 4.69) is 10.4 Å². The van der Waals surface area contributed by atoms with Crippen LogP contribution in [0.15, 0.2) is 0 Å². The first-order chi connectivity index (χ1) is 9.67. The van der Waals surface area contributed by atoms with Gasteiger partial charge in [-0.3, -0.25) is 0 Å². The zero-order chi connectivity index (χ0) is 14.5. The number of ether oxygens (including phenoxy) is 1. The monoisotopic (exact) mass is 281 g/mol. The lowest BCUT2D eigenvalue weighted by Gasteiger charge is -2.30. The van der Waals surface area contributed by atoms with Gasteiger partial charge in [0.05, 0.1) is 18.4 Å². The number of methoxy groups -OCH3 is 1. The van der Waals surface area contributed by atoms with Crippen LogP contribution in [0.1, 0.15) is 36.9 Å². The van der Waals surface area contributed by atoms with E-state index in [0.29, 0.717) is 18.4 Å². The minimum absolute atomic E-state index is 0.321. The SMILES string of the molecule is COc1c(CNCC2CCCCC2CO)c(C)nn1C. The number of nitrogens with zero attached hydrogens (tertiary/aromatic N) is 2. The van der Waals surface area contributed by atoms with Crippen LogP contribution in [0.4, 0.5) is 0 Å². The quantitative estimate of drug-likeness (QED) is 0.832. The Kier molecular flexibility index (Phi) is 5.43. The van der Waals surface area contributed by atoms with Crippen LogP contribution < -0.4 is 10.1 Å². The summed E-state index contributed by atoms with van der Waals surface area (Å²) in [4.78, 5) is 0. The van der Waals surface area contributed by atoms with Crippen molar-refractivity contribution in [2.75, 3.05) is 20.3 Å². The lowest BCUT2D eigenvalue weighted by atomic mass is 9.79. The summed E-state index contributed by atoms with van der Waals surface area (Å²) in [5.74, 6) is 1.89. The third-order valence-corrected chi connectivity index (χ3v) is 4.49. The van der Waals surface area contributed by atoms with Crippen molar-refractivity contribution in [3.05, 3.63) is 11.3 Å². The summed E-state index contributed by atoms with van der Waals surface area (Å²) in [5.41, 5.74) is 2.14. The van der Waals surface area contributed by atoms with Crippen molar-refractivity contribution in [2.45, 2.75) is 39.2 Å². The van der Waals surface area contributed by atoms with Crippen LogP contribution in [0.3, 0.4) is 0 Å². The Bertz CT molecular complexity index is 431. The van der Waals surface area contributed by atoms with Crippen molar-refractivity contribution in [3.63, 3.8) is 0 Å². The molecule has 0 radical (unpaired) electrons. The van der Waals surface area contributed by atoms with Crippen molar-refractivity contribution >= 4 is 0 Å². The van der Waals surface area contributed by atoms with Gasteiger partial charge in [0.1, 0.15) is 0 Å². The molecule has 2 atom stereocenters. The largest absolute Gasteiger partial charge is 0.481 e. The number of hydrogen-bond acceptors (Lipinski definition) is 4. The summed E-state index contributed by atoms with van der Waals surface area (Å²) < 4.78 is 7.18. The van der Waals surface area contributed by atoms with Gasteiger partial charge in [0.15, 0.2) is 0 Å². The number of aliphatic hydroxyl groups is 1. The summed E-state index contributed by atoms with van der Waals surface area (Å²) in [6.45, 7) is 4.07. The maximum atomic E-state index is 9.45. The van der Waals surface area contributed by atoms with E-state index >= 15 is 0 Å². The summed E-state index contributed by atoms with van der Waals surface area (Å²) >= 11 is 0. The fourth-order valence-corrected chi connectivity index (χ4v) is 3.32. The Morgan fingerprint density at radius 3 is 2.70 bits per heavy atom. The van der Waals surface area contributed by atoms with Crippen molar-refractivity contribution in [1.29, 1.82) is 0 Å². The molecule has 5 nitrogen and oxygen atoms in total. The Morgan fingerprint density at radius 2 is 2.05 bits per heavy atom. The van der Waals surface area contributed by atoms with Gasteiger partial charge in [-0.15, -0.1) is 0 Å². The fourth-order valence-electron chi connectivity index (χ4n) is 3.32. The van der Waals surface area contributed by atoms with E-state index < -0.39 is 0 Å². The van der Waals surface area contributed by atoms with Gasteiger partial charge in [0.2, 0.25) is 5.88 Å². The smallest absolute Gasteiger partial charge is 0.216 e. The average Bonchev–Trinajstić information content (AvgIpc) is 2.73. The molecule has 1 fully saturated rings. The molecule has 0 saturated heterocycles. The minimum atomic E-state index is 0.321. The molecule has 5 heteroatoms. The number of aromatic nitrogens is 2. The molecule has 1 aliphatic rings. The van der Waals surface area contributed by atoms with Crippen LogP contribution in [0, 0.1) is 18.8 Å². The van der Waals surface area contributed by atoms with Gasteiger partial charge in [-0.25, -0.2) is 4.68 Å². The molecule has 0 bridgehead atoms. The molecular weight excluding hydrogens is 254 g/mol. The summed E-state index contributed by atoms with van der Waals surface area (Å²) in [6.07, 6.45) is 4.94. The third kappa shape index (κ3) is 3.33. The topological polar surface area (TPSA) is 59.3 Å². The molecule has 114 valence electrons. The second-order valence-corrected chi connectivity index (χ2v) is 5.81. The lowest BCUT2D eigenvalue weighted by molar-refractivity contribution is 0.133. The number of aliphatic hydroxyl groups excluding tert-OH is 1. The third-order valence-electron chi connectivity index (χ3n) is 4.49. The van der Waals surface area contributed by atoms with Crippen LogP contribution >= 0.6 is 0 Å². The molecule has 1 aromatic heterocycles. The van der Waals surface area contributed by atoms with E-state index in [1.54, 1.807) is 11.8 Å². The van der Waals surface area contributed by atoms with Gasteiger partial charge in [-0.2, -0.15) is 5.10 Å². The minimum Gasteiger partial charge on any atom is -0.481 e. The van der Waals surface area contributed by atoms with Crippen molar-refractivity contribution < 1.29 is 9.84 Å². The second kappa shape index (κ2) is 7.09. The molecule has 0 aliphatic heterocycles. The van der Waals surface area contributed by atoms with Gasteiger partial charge < -0.3 is 15.2 Å². The standard InChI is InChI=1S/C15H27N3O2/c1-11-14(15(20-3)18(2)17-11)9-16-8-12-6-4-5-7-13(12)10-19/h12-13,16,19H,4-10H2,1-3H3. The highest BCUT2D eigenvalue weighted by molar-refractivity contribution is 5.30. The van der Waals surface area contributed by atoms with E-state index in [1.807, 2.05) is 14.0 Å². The van der Waals surface area contributed by atoms with Crippen molar-refractivity contribution in [3.8, 4) is 5.88 Å². The Morgan fingerprint density at radius 1 is 1.35 bits per heavy atom. The molecule has 20 heavy (non-hydrogen) atoms. The van der Waals surface area contributed by atoms with E-state index in [1.165, 1.54) is 19.3 Å². The normalized spacial score (nSPS) is 23.0. The van der Waals surface area contributed by atoms with E-state index in [-0.39, 0.29) is 0 Å². The van der Waals surface area contributed by atoms with Crippen molar-refractivity contribution in [1.82, 2.24) is 15.1 Å². The van der Waals surface area contributed by atoms with Gasteiger partial charge in [-0.05, 0) is 38.1 Å². The van der Waals surface area contributed by atoms with Gasteiger partial charge >= 0.3 is 0 Å². The zero-order valence-corrected chi connectivity index (χ0v) is 12.9. The second-order valence-electron chi connectivity index (χ2n) is 5.81. The average molecular weight is 281 g/mol. The van der Waals surface area contributed by atoms with Gasteiger partial charge in [0, 0.05) is 20.2 Å². The van der Waals surface area contributed by atoms with Crippen LogP contribution in [0.25, 0.3) is 0 Å². The molecule has 0 amide bonds. The zero-order valence-electron chi connectivity index (χ0n) is 12.9. The maximum Gasteiger partial charge on any atom is 0.216 e. The first-order valence-electron chi connectivity index (χ1n) is 7.55. The van der Waals surface area contributed by atoms with E-state index in [0.717, 1.165) is 36.6 Å². The van der Waals surface area contributed by atoms with E-state index in [9.17, 15) is 5.11 Å². The number of aryl methyl sites for hydroxylation is 2. The lowest BCUT2D eigenvalue weighted by Crippen LogP contribution is -2.32. The fraction of sp³-hybridized carbons (Fsp3) is 0.800. The van der Waals surface area contributed by atoms with E-state index in [4.69, 9.17) is 4.74 Å². The summed E-state index contributed by atoms with van der Waals surface area (Å²) in [5, 5.41) is 17.4. The molecule has 0 aromatic carbocycles. The van der Waals surface area contributed by atoms with Gasteiger partial charge in [0.25, 0.3) is 0 Å². The molecule has 2 N–H and O–H groups in total. The predicted molar refractivity (Wildman–Crippen MR) is 78.7 cm³/mol. The molecule has 1 aromatic rings. The summed E-state index contributed by atoms with van der Waals surface area (Å²) in [7, 11) is 3.58. The Labute approximate surface area is 121 Å². The highest BCUT2D eigenvalue weighted by atomic mass is 16.5. The molecule has 2 unspecified atom stereocenters. The first kappa shape index (κ1) is 15.3. The Hall–Kier alpha value is -1.07. The molecule has 1 heterocycles. The Balaban J connectivity index is 1.89. The highest BCUT2D eigenvalue weighted by Gasteiger charge is 2.24. The first-order valence-corrected chi connectivity index (χ1v) is 7.55. The van der Waals surface area contributed by atoms with Crippen molar-refractivity contribution in [2.24, 2.45) is 18.9 Å². The number of hydrogen-bond donors (Lipinski definition) is 2. The highest BCUT2D eigenvalue weighted by Crippen LogP contribution is 2.29. The number of rotatable bonds is 6. The molecule has 1 aliphatic carbocycles. The molecule has 0 spiro atoms. The van der Waals surface area contributed by atoms with Crippen LogP contribution in [-0.4, -0.2) is 35.1 Å². The van der Waals surface area contributed by atoms with Crippen LogP contribution in [-0.2, 0) is 13.6 Å². The number of nitrogens with one attached hydrogen (secondary N) is 1.